The molecule has 0 amide bonds. The molecule has 4 aliphatic carbocycles. The number of nitrogens with one attached hydrogen (secondary N) is 1. The third-order valence-electron chi connectivity index (χ3n) is 6.51. The van der Waals surface area contributed by atoms with Crippen LogP contribution < -0.4 is 5.32 Å². The summed E-state index contributed by atoms with van der Waals surface area (Å²) in [4.78, 5) is 0. The summed E-state index contributed by atoms with van der Waals surface area (Å²) in [5.74, 6) is 3.04. The van der Waals surface area contributed by atoms with Gasteiger partial charge in [-0.2, -0.15) is 0 Å². The number of hydrogen-bond acceptors (Lipinski definition) is 2. The second-order valence-electron chi connectivity index (χ2n) is 9.83. The first kappa shape index (κ1) is 15.8. The molecule has 4 bridgehead atoms. The minimum Gasteiger partial charge on any atom is -0.392 e. The van der Waals surface area contributed by atoms with E-state index in [2.05, 4.69) is 33.0 Å². The molecule has 21 heavy (non-hydrogen) atoms. The van der Waals surface area contributed by atoms with Crippen LogP contribution in [0.25, 0.3) is 0 Å². The molecule has 4 rings (SSSR count). The average molecular weight is 293 g/mol. The lowest BCUT2D eigenvalue weighted by atomic mass is 9.48. The molecule has 0 heterocycles. The van der Waals surface area contributed by atoms with E-state index in [1.165, 1.54) is 38.5 Å². The Morgan fingerprint density at radius 1 is 1.05 bits per heavy atom. The minimum atomic E-state index is -0.207. The molecule has 2 atom stereocenters. The zero-order chi connectivity index (χ0) is 15.3. The van der Waals surface area contributed by atoms with Gasteiger partial charge in [-0.3, -0.25) is 0 Å². The number of rotatable bonds is 5. The zero-order valence-electron chi connectivity index (χ0n) is 14.5. The van der Waals surface area contributed by atoms with Crippen molar-refractivity contribution in [3.8, 4) is 0 Å². The monoisotopic (exact) mass is 293 g/mol. The quantitative estimate of drug-likeness (QED) is 0.803. The van der Waals surface area contributed by atoms with Crippen molar-refractivity contribution in [3.05, 3.63) is 0 Å². The van der Waals surface area contributed by atoms with Gasteiger partial charge in [-0.1, -0.05) is 20.8 Å². The van der Waals surface area contributed by atoms with Gasteiger partial charge in [0.15, 0.2) is 0 Å². The van der Waals surface area contributed by atoms with Crippen molar-refractivity contribution in [3.63, 3.8) is 0 Å². The van der Waals surface area contributed by atoms with Crippen LogP contribution in [0.4, 0.5) is 0 Å². The van der Waals surface area contributed by atoms with Crippen LogP contribution in [-0.2, 0) is 0 Å². The Labute approximate surface area is 131 Å². The highest BCUT2D eigenvalue weighted by Crippen LogP contribution is 2.61. The van der Waals surface area contributed by atoms with E-state index < -0.39 is 0 Å². The summed E-state index contributed by atoms with van der Waals surface area (Å²) in [6.45, 7) is 9.77. The Bertz CT molecular complexity index is 335. The van der Waals surface area contributed by atoms with E-state index in [9.17, 15) is 5.11 Å². The molecule has 0 aromatic rings. The summed E-state index contributed by atoms with van der Waals surface area (Å²) in [7, 11) is 0. The molecule has 2 nitrogen and oxygen atoms in total. The predicted octanol–water partition coefficient (Wildman–Crippen LogP) is 3.98. The molecular weight excluding hydrogens is 258 g/mol. The molecule has 0 spiro atoms. The first-order valence-electron chi connectivity index (χ1n) is 9.17. The van der Waals surface area contributed by atoms with E-state index in [-0.39, 0.29) is 11.5 Å². The van der Waals surface area contributed by atoms with Gasteiger partial charge in [0.05, 0.1) is 6.10 Å². The van der Waals surface area contributed by atoms with Gasteiger partial charge in [-0.25, -0.2) is 0 Å². The average Bonchev–Trinajstić information content (AvgIpc) is 2.32. The predicted molar refractivity (Wildman–Crippen MR) is 88.1 cm³/mol. The van der Waals surface area contributed by atoms with Gasteiger partial charge in [0.2, 0.25) is 0 Å². The fourth-order valence-electron chi connectivity index (χ4n) is 6.02. The Morgan fingerprint density at radius 3 is 1.95 bits per heavy atom. The molecule has 0 aromatic carbocycles. The molecule has 4 aliphatic rings. The molecule has 2 unspecified atom stereocenters. The summed E-state index contributed by atoms with van der Waals surface area (Å²) >= 11 is 0. The first-order valence-corrected chi connectivity index (χ1v) is 9.17. The SMILES string of the molecule is CC(NCC(O)CC(C)(C)C)C12CC3CC(CC(C3)C1)C2. The van der Waals surface area contributed by atoms with Crippen molar-refractivity contribution in [2.75, 3.05) is 6.54 Å². The largest absolute Gasteiger partial charge is 0.392 e. The maximum atomic E-state index is 10.3. The first-order chi connectivity index (χ1) is 9.76. The molecule has 0 aliphatic heterocycles. The van der Waals surface area contributed by atoms with Crippen molar-refractivity contribution in [1.82, 2.24) is 5.32 Å². The third-order valence-corrected chi connectivity index (χ3v) is 6.51. The lowest BCUT2D eigenvalue weighted by Gasteiger charge is -2.59. The second kappa shape index (κ2) is 5.53. The van der Waals surface area contributed by atoms with Crippen LogP contribution in [0.1, 0.15) is 72.6 Å². The van der Waals surface area contributed by atoms with E-state index in [4.69, 9.17) is 0 Å². The Hall–Kier alpha value is -0.0800. The van der Waals surface area contributed by atoms with Gasteiger partial charge in [0, 0.05) is 12.6 Å². The summed E-state index contributed by atoms with van der Waals surface area (Å²) in [5.41, 5.74) is 0.765. The molecule has 0 saturated heterocycles. The molecule has 4 fully saturated rings. The molecule has 2 N–H and O–H groups in total. The highest BCUT2D eigenvalue weighted by molar-refractivity contribution is 5.05. The van der Waals surface area contributed by atoms with Gasteiger partial charge in [0.1, 0.15) is 0 Å². The summed E-state index contributed by atoms with van der Waals surface area (Å²) < 4.78 is 0. The highest BCUT2D eigenvalue weighted by Gasteiger charge is 2.52. The topological polar surface area (TPSA) is 32.3 Å². The molecule has 2 heteroatoms. The molecule has 0 radical (unpaired) electrons. The molecular formula is C19H35NO. The standard InChI is InChI=1S/C19H35NO/c1-13(20-12-17(21)11-18(2,3)4)19-8-14-5-15(9-19)7-16(6-14)10-19/h13-17,20-21H,5-12H2,1-4H3. The maximum Gasteiger partial charge on any atom is 0.0669 e. The second-order valence-corrected chi connectivity index (χ2v) is 9.83. The van der Waals surface area contributed by atoms with E-state index in [1.807, 2.05) is 0 Å². The fourth-order valence-corrected chi connectivity index (χ4v) is 6.02. The normalized spacial score (nSPS) is 41.3. The smallest absolute Gasteiger partial charge is 0.0669 e. The van der Waals surface area contributed by atoms with Crippen molar-refractivity contribution in [2.45, 2.75) is 84.8 Å². The Kier molecular flexibility index (Phi) is 4.16. The lowest BCUT2D eigenvalue weighted by molar-refractivity contribution is -0.0718. The number of hydrogen-bond donors (Lipinski definition) is 2. The van der Waals surface area contributed by atoms with Crippen LogP contribution in [0.5, 0.6) is 0 Å². The van der Waals surface area contributed by atoms with Gasteiger partial charge in [-0.05, 0) is 80.5 Å². The van der Waals surface area contributed by atoms with Gasteiger partial charge < -0.3 is 10.4 Å². The number of aliphatic hydroxyl groups is 1. The van der Waals surface area contributed by atoms with E-state index >= 15 is 0 Å². The molecule has 122 valence electrons. The van der Waals surface area contributed by atoms with Crippen molar-refractivity contribution >= 4 is 0 Å². The summed E-state index contributed by atoms with van der Waals surface area (Å²) in [5, 5.41) is 14.0. The van der Waals surface area contributed by atoms with Crippen LogP contribution in [0.3, 0.4) is 0 Å². The highest BCUT2D eigenvalue weighted by atomic mass is 16.3. The molecule has 0 aromatic heterocycles. The van der Waals surface area contributed by atoms with E-state index in [0.717, 1.165) is 30.7 Å². The van der Waals surface area contributed by atoms with Crippen LogP contribution in [0, 0.1) is 28.6 Å². The summed E-state index contributed by atoms with van der Waals surface area (Å²) in [6, 6.07) is 0.570. The van der Waals surface area contributed by atoms with Crippen molar-refractivity contribution < 1.29 is 5.11 Å². The Morgan fingerprint density at radius 2 is 1.52 bits per heavy atom. The minimum absolute atomic E-state index is 0.207. The maximum absolute atomic E-state index is 10.3. The fraction of sp³-hybridized carbons (Fsp3) is 1.00. The van der Waals surface area contributed by atoms with Crippen LogP contribution in [0.15, 0.2) is 0 Å². The molecule has 4 saturated carbocycles. The van der Waals surface area contributed by atoms with Crippen LogP contribution in [0.2, 0.25) is 0 Å². The van der Waals surface area contributed by atoms with E-state index in [1.54, 1.807) is 0 Å². The third kappa shape index (κ3) is 3.47. The van der Waals surface area contributed by atoms with Crippen molar-refractivity contribution in [2.24, 2.45) is 28.6 Å². The zero-order valence-corrected chi connectivity index (χ0v) is 14.5. The summed E-state index contributed by atoms with van der Waals surface area (Å²) in [6.07, 6.45) is 9.55. The van der Waals surface area contributed by atoms with E-state index in [0.29, 0.717) is 11.5 Å². The van der Waals surface area contributed by atoms with Gasteiger partial charge >= 0.3 is 0 Å². The van der Waals surface area contributed by atoms with Crippen molar-refractivity contribution in [1.29, 1.82) is 0 Å². The van der Waals surface area contributed by atoms with Crippen LogP contribution >= 0.6 is 0 Å². The van der Waals surface area contributed by atoms with Gasteiger partial charge in [-0.15, -0.1) is 0 Å². The lowest BCUT2D eigenvalue weighted by Crippen LogP contribution is -2.55. The van der Waals surface area contributed by atoms with Crippen LogP contribution in [-0.4, -0.2) is 23.8 Å². The number of aliphatic hydroxyl groups excluding tert-OH is 1. The van der Waals surface area contributed by atoms with Gasteiger partial charge in [0.25, 0.3) is 0 Å². The Balaban J connectivity index is 1.55.